The molecule has 5 nitrogen and oxygen atoms in total. The van der Waals surface area contributed by atoms with Crippen molar-refractivity contribution in [3.8, 4) is 5.75 Å². The van der Waals surface area contributed by atoms with Crippen LogP contribution < -0.4 is 10.1 Å². The van der Waals surface area contributed by atoms with Crippen LogP contribution in [-0.2, 0) is 24.2 Å². The average molecular weight is 334 g/mol. The summed E-state index contributed by atoms with van der Waals surface area (Å²) < 4.78 is 6.82. The van der Waals surface area contributed by atoms with E-state index in [4.69, 9.17) is 16.3 Å². The minimum absolute atomic E-state index is 0.126. The van der Waals surface area contributed by atoms with E-state index in [1.807, 2.05) is 6.20 Å². The summed E-state index contributed by atoms with van der Waals surface area (Å²) in [6.07, 6.45) is 5.20. The van der Waals surface area contributed by atoms with Crippen molar-refractivity contribution in [1.29, 1.82) is 0 Å². The number of benzene rings is 1. The van der Waals surface area contributed by atoms with Crippen molar-refractivity contribution in [2.45, 2.75) is 32.7 Å². The Morgan fingerprint density at radius 2 is 2.35 bits per heavy atom. The Bertz CT molecular complexity index is 727. The van der Waals surface area contributed by atoms with E-state index < -0.39 is 0 Å². The Kier molecular flexibility index (Phi) is 4.57. The lowest BCUT2D eigenvalue weighted by Crippen LogP contribution is -2.19. The second-order valence-electron chi connectivity index (χ2n) is 6.04. The first-order valence-electron chi connectivity index (χ1n) is 7.73. The van der Waals surface area contributed by atoms with Crippen molar-refractivity contribution in [3.05, 3.63) is 40.7 Å². The minimum atomic E-state index is -0.126. The number of rotatable bonds is 4. The molecule has 0 fully saturated rings. The summed E-state index contributed by atoms with van der Waals surface area (Å²) in [4.78, 5) is 12.2. The quantitative estimate of drug-likeness (QED) is 0.934. The highest BCUT2D eigenvalue weighted by Crippen LogP contribution is 2.27. The molecule has 23 heavy (non-hydrogen) atoms. The van der Waals surface area contributed by atoms with E-state index in [1.54, 1.807) is 30.0 Å². The Balaban J connectivity index is 1.64. The van der Waals surface area contributed by atoms with Gasteiger partial charge in [-0.25, -0.2) is 0 Å². The molecule has 1 aromatic carbocycles. The first-order valence-corrected chi connectivity index (χ1v) is 8.11. The van der Waals surface area contributed by atoms with Gasteiger partial charge in [-0.05, 0) is 48.9 Å². The number of nitrogens with zero attached hydrogens (tertiary/aromatic N) is 2. The monoisotopic (exact) mass is 333 g/mol. The standard InChI is InChI=1S/C17H20ClN3O2/c1-11-3-5-15-12(7-11)9-21(20-15)10-17(22)19-13-4-6-16(23-2)14(18)8-13/h4,6,8-9,11H,3,5,7,10H2,1-2H3,(H,19,22). The lowest BCUT2D eigenvalue weighted by Gasteiger charge is -2.15. The molecule has 6 heteroatoms. The summed E-state index contributed by atoms with van der Waals surface area (Å²) in [6, 6.07) is 5.17. The predicted molar refractivity (Wildman–Crippen MR) is 90.0 cm³/mol. The fourth-order valence-electron chi connectivity index (χ4n) is 2.92. The number of amides is 1. The molecule has 1 unspecified atom stereocenters. The number of anilines is 1. The van der Waals surface area contributed by atoms with Crippen LogP contribution >= 0.6 is 11.6 Å². The van der Waals surface area contributed by atoms with Crippen molar-refractivity contribution in [3.63, 3.8) is 0 Å². The highest BCUT2D eigenvalue weighted by molar-refractivity contribution is 6.32. The molecule has 1 aliphatic rings. The van der Waals surface area contributed by atoms with E-state index in [1.165, 1.54) is 12.0 Å². The summed E-state index contributed by atoms with van der Waals surface area (Å²) in [5.74, 6) is 1.15. The van der Waals surface area contributed by atoms with E-state index in [2.05, 4.69) is 17.3 Å². The largest absolute Gasteiger partial charge is 0.495 e. The number of carbonyl (C=O) groups excluding carboxylic acids is 1. The van der Waals surface area contributed by atoms with Gasteiger partial charge in [0.15, 0.2) is 0 Å². The third-order valence-electron chi connectivity index (χ3n) is 4.11. The summed E-state index contributed by atoms with van der Waals surface area (Å²) >= 11 is 6.06. The van der Waals surface area contributed by atoms with Gasteiger partial charge in [0, 0.05) is 11.9 Å². The number of halogens is 1. The highest BCUT2D eigenvalue weighted by atomic mass is 35.5. The Morgan fingerprint density at radius 1 is 1.52 bits per heavy atom. The molecule has 2 aromatic rings. The molecule has 0 bridgehead atoms. The predicted octanol–water partition coefficient (Wildman–Crippen LogP) is 3.31. The molecule has 122 valence electrons. The van der Waals surface area contributed by atoms with Crippen LogP contribution in [0.5, 0.6) is 5.75 Å². The van der Waals surface area contributed by atoms with Gasteiger partial charge in [0.05, 0.1) is 17.8 Å². The lowest BCUT2D eigenvalue weighted by atomic mass is 9.89. The van der Waals surface area contributed by atoms with Crippen LogP contribution in [0.4, 0.5) is 5.69 Å². The van der Waals surface area contributed by atoms with E-state index >= 15 is 0 Å². The first-order chi connectivity index (χ1) is 11.0. The van der Waals surface area contributed by atoms with Crippen molar-refractivity contribution >= 4 is 23.2 Å². The second kappa shape index (κ2) is 6.62. The minimum Gasteiger partial charge on any atom is -0.495 e. The van der Waals surface area contributed by atoms with Gasteiger partial charge in [0.1, 0.15) is 12.3 Å². The van der Waals surface area contributed by atoms with Crippen molar-refractivity contribution in [2.75, 3.05) is 12.4 Å². The molecule has 1 atom stereocenters. The molecule has 0 radical (unpaired) electrons. The topological polar surface area (TPSA) is 56.1 Å². The van der Waals surface area contributed by atoms with Crippen molar-refractivity contribution in [2.24, 2.45) is 5.92 Å². The van der Waals surface area contributed by atoms with Gasteiger partial charge < -0.3 is 10.1 Å². The number of methoxy groups -OCH3 is 1. The zero-order valence-corrected chi connectivity index (χ0v) is 14.1. The number of nitrogens with one attached hydrogen (secondary N) is 1. The van der Waals surface area contributed by atoms with Gasteiger partial charge in [0.25, 0.3) is 0 Å². The molecule has 3 rings (SSSR count). The van der Waals surface area contributed by atoms with Crippen LogP contribution in [0.2, 0.25) is 5.02 Å². The molecule has 0 saturated heterocycles. The summed E-state index contributed by atoms with van der Waals surface area (Å²) in [7, 11) is 1.56. The highest BCUT2D eigenvalue weighted by Gasteiger charge is 2.19. The van der Waals surface area contributed by atoms with Crippen molar-refractivity contribution < 1.29 is 9.53 Å². The fourth-order valence-corrected chi connectivity index (χ4v) is 3.17. The van der Waals surface area contributed by atoms with Crippen LogP contribution in [0.15, 0.2) is 24.4 Å². The molecule has 1 aromatic heterocycles. The summed E-state index contributed by atoms with van der Waals surface area (Å²) in [5, 5.41) is 7.82. The van der Waals surface area contributed by atoms with Crippen LogP contribution in [0, 0.1) is 5.92 Å². The molecular weight excluding hydrogens is 314 g/mol. The lowest BCUT2D eigenvalue weighted by molar-refractivity contribution is -0.116. The summed E-state index contributed by atoms with van der Waals surface area (Å²) in [5.41, 5.74) is 3.04. The van der Waals surface area contributed by atoms with Gasteiger partial charge in [-0.2, -0.15) is 5.10 Å². The zero-order valence-electron chi connectivity index (χ0n) is 13.3. The summed E-state index contributed by atoms with van der Waals surface area (Å²) in [6.45, 7) is 2.45. The maximum atomic E-state index is 12.2. The SMILES string of the molecule is COc1ccc(NC(=O)Cn2cc3c(n2)CCC(C)C3)cc1Cl. The number of aromatic nitrogens is 2. The second-order valence-corrected chi connectivity index (χ2v) is 6.45. The molecule has 0 saturated carbocycles. The zero-order chi connectivity index (χ0) is 16.4. The van der Waals surface area contributed by atoms with Gasteiger partial charge in [0.2, 0.25) is 5.91 Å². The normalized spacial score (nSPS) is 16.7. The molecule has 0 spiro atoms. The first kappa shape index (κ1) is 15.9. The van der Waals surface area contributed by atoms with Crippen LogP contribution in [0.1, 0.15) is 24.6 Å². The Morgan fingerprint density at radius 3 is 3.09 bits per heavy atom. The van der Waals surface area contributed by atoms with Crippen LogP contribution in [0.25, 0.3) is 0 Å². The number of hydrogen-bond acceptors (Lipinski definition) is 3. The van der Waals surface area contributed by atoms with Crippen LogP contribution in [0.3, 0.4) is 0 Å². The number of fused-ring (bicyclic) bond motifs is 1. The molecule has 1 amide bonds. The third-order valence-corrected chi connectivity index (χ3v) is 4.40. The Hall–Kier alpha value is -2.01. The number of ether oxygens (including phenoxy) is 1. The van der Waals surface area contributed by atoms with Crippen molar-refractivity contribution in [1.82, 2.24) is 9.78 Å². The van der Waals surface area contributed by atoms with Crippen LogP contribution in [-0.4, -0.2) is 22.8 Å². The molecule has 1 aliphatic carbocycles. The fraction of sp³-hybridized carbons (Fsp3) is 0.412. The maximum absolute atomic E-state index is 12.2. The van der Waals surface area contributed by atoms with Gasteiger partial charge in [-0.15, -0.1) is 0 Å². The molecule has 0 aliphatic heterocycles. The smallest absolute Gasteiger partial charge is 0.246 e. The van der Waals surface area contributed by atoms with Gasteiger partial charge in [-0.1, -0.05) is 18.5 Å². The molecular formula is C17H20ClN3O2. The van der Waals surface area contributed by atoms with Gasteiger partial charge in [-0.3, -0.25) is 9.48 Å². The number of aryl methyl sites for hydroxylation is 1. The van der Waals surface area contributed by atoms with Gasteiger partial charge >= 0.3 is 0 Å². The van der Waals surface area contributed by atoms with E-state index in [0.717, 1.165) is 18.5 Å². The maximum Gasteiger partial charge on any atom is 0.246 e. The Labute approximate surface area is 140 Å². The third kappa shape index (κ3) is 3.67. The van der Waals surface area contributed by atoms with E-state index in [-0.39, 0.29) is 12.5 Å². The number of carbonyl (C=O) groups is 1. The average Bonchev–Trinajstić information content (AvgIpc) is 2.88. The van der Waals surface area contributed by atoms with E-state index in [0.29, 0.717) is 22.4 Å². The number of hydrogen-bond donors (Lipinski definition) is 1. The molecule has 1 heterocycles. The molecule has 1 N–H and O–H groups in total. The van der Waals surface area contributed by atoms with E-state index in [9.17, 15) is 4.79 Å².